The van der Waals surface area contributed by atoms with Crippen molar-refractivity contribution in [3.63, 3.8) is 0 Å². The summed E-state index contributed by atoms with van der Waals surface area (Å²) in [5.74, 6) is -1.27. The second-order valence-corrected chi connectivity index (χ2v) is 10.2. The van der Waals surface area contributed by atoms with E-state index in [9.17, 15) is 19.2 Å². The Morgan fingerprint density at radius 2 is 1.89 bits per heavy atom. The Labute approximate surface area is 217 Å². The standard InChI is InChI=1S/C27H36N4O6/c1-6-7-13-20(23(32)24(33)28-18(3)19-11-9-8-10-12-19)29-26(35)36-22-15-31(16-27(22,4)5)25(34)21-14-17(2)37-30-21/h8-12,14,18,20,22H,6-7,13,15-16H2,1-5H3,(H,28,33)(H,29,35)/t18-,20+,22+/m1/s1. The quantitative estimate of drug-likeness (QED) is 0.465. The van der Waals surface area contributed by atoms with Gasteiger partial charge >= 0.3 is 6.09 Å². The molecule has 1 saturated heterocycles. The third-order valence-electron chi connectivity index (χ3n) is 6.57. The van der Waals surface area contributed by atoms with Crippen LogP contribution >= 0.6 is 0 Å². The van der Waals surface area contributed by atoms with Gasteiger partial charge in [0.2, 0.25) is 5.78 Å². The number of likely N-dealkylation sites (tertiary alicyclic amines) is 1. The lowest BCUT2D eigenvalue weighted by atomic mass is 9.90. The van der Waals surface area contributed by atoms with Gasteiger partial charge in [0.05, 0.1) is 12.6 Å². The Morgan fingerprint density at radius 3 is 2.51 bits per heavy atom. The molecule has 10 heteroatoms. The van der Waals surface area contributed by atoms with Gasteiger partial charge in [-0.15, -0.1) is 0 Å². The molecule has 0 unspecified atom stereocenters. The summed E-state index contributed by atoms with van der Waals surface area (Å²) in [5.41, 5.74) is 0.529. The summed E-state index contributed by atoms with van der Waals surface area (Å²) >= 11 is 0. The zero-order chi connectivity index (χ0) is 27.2. The maximum atomic E-state index is 13.0. The predicted octanol–water partition coefficient (Wildman–Crippen LogP) is 3.57. The van der Waals surface area contributed by atoms with Crippen LogP contribution in [0, 0.1) is 12.3 Å². The van der Waals surface area contributed by atoms with E-state index in [4.69, 9.17) is 9.26 Å². The molecule has 1 aliphatic heterocycles. The van der Waals surface area contributed by atoms with Crippen molar-refractivity contribution in [1.82, 2.24) is 20.7 Å². The molecule has 0 aliphatic carbocycles. The van der Waals surface area contributed by atoms with Crippen LogP contribution in [-0.2, 0) is 14.3 Å². The number of nitrogens with zero attached hydrogens (tertiary/aromatic N) is 2. The van der Waals surface area contributed by atoms with E-state index in [0.717, 1.165) is 12.0 Å². The van der Waals surface area contributed by atoms with Crippen LogP contribution in [0.1, 0.15) is 74.8 Å². The van der Waals surface area contributed by atoms with E-state index in [1.54, 1.807) is 24.8 Å². The van der Waals surface area contributed by atoms with Gasteiger partial charge in [-0.1, -0.05) is 69.1 Å². The van der Waals surface area contributed by atoms with Crippen LogP contribution < -0.4 is 10.6 Å². The van der Waals surface area contributed by atoms with Crippen molar-refractivity contribution in [2.75, 3.05) is 13.1 Å². The van der Waals surface area contributed by atoms with Gasteiger partial charge in [-0.25, -0.2) is 4.79 Å². The molecule has 0 radical (unpaired) electrons. The number of Topliss-reactive ketones (excluding diaryl/α,β-unsaturated/α-hetero) is 1. The number of ketones is 1. The minimum absolute atomic E-state index is 0.174. The number of carbonyl (C=O) groups excluding carboxylic acids is 4. The summed E-state index contributed by atoms with van der Waals surface area (Å²) in [6.07, 6.45) is 0.326. The number of ether oxygens (including phenoxy) is 1. The summed E-state index contributed by atoms with van der Waals surface area (Å²) in [5, 5.41) is 9.07. The van der Waals surface area contributed by atoms with Gasteiger partial charge in [-0.3, -0.25) is 14.4 Å². The maximum Gasteiger partial charge on any atom is 0.408 e. The van der Waals surface area contributed by atoms with Crippen molar-refractivity contribution in [3.05, 3.63) is 53.4 Å². The van der Waals surface area contributed by atoms with E-state index < -0.39 is 35.3 Å². The van der Waals surface area contributed by atoms with Crippen molar-refractivity contribution in [2.45, 2.75) is 72.1 Å². The average molecular weight is 513 g/mol. The van der Waals surface area contributed by atoms with Crippen LogP contribution in [0.3, 0.4) is 0 Å². The van der Waals surface area contributed by atoms with Crippen LogP contribution in [0.5, 0.6) is 0 Å². The molecule has 3 amide bonds. The second kappa shape index (κ2) is 12.0. The fourth-order valence-corrected chi connectivity index (χ4v) is 4.32. The normalized spacial score (nSPS) is 18.1. The second-order valence-electron chi connectivity index (χ2n) is 10.2. The lowest BCUT2D eigenvalue weighted by molar-refractivity contribution is -0.139. The number of hydrogen-bond donors (Lipinski definition) is 2. The molecule has 200 valence electrons. The summed E-state index contributed by atoms with van der Waals surface area (Å²) < 4.78 is 10.7. The molecule has 10 nitrogen and oxygen atoms in total. The highest BCUT2D eigenvalue weighted by Gasteiger charge is 2.45. The Balaban J connectivity index is 1.61. The zero-order valence-corrected chi connectivity index (χ0v) is 22.1. The fraction of sp³-hybridized carbons (Fsp3) is 0.519. The van der Waals surface area contributed by atoms with E-state index >= 15 is 0 Å². The maximum absolute atomic E-state index is 13.0. The summed E-state index contributed by atoms with van der Waals surface area (Å²) in [6.45, 7) is 9.77. The number of alkyl carbamates (subject to hydrolysis) is 1. The lowest BCUT2D eigenvalue weighted by Crippen LogP contribution is -2.49. The first-order valence-electron chi connectivity index (χ1n) is 12.6. The van der Waals surface area contributed by atoms with Crippen molar-refractivity contribution >= 4 is 23.7 Å². The molecule has 0 saturated carbocycles. The fourth-order valence-electron chi connectivity index (χ4n) is 4.32. The highest BCUT2D eigenvalue weighted by molar-refractivity contribution is 6.38. The van der Waals surface area contributed by atoms with E-state index in [-0.39, 0.29) is 24.2 Å². The first kappa shape index (κ1) is 27.9. The molecule has 2 heterocycles. The van der Waals surface area contributed by atoms with Gasteiger partial charge in [-0.05, 0) is 25.8 Å². The minimum Gasteiger partial charge on any atom is -0.444 e. The Kier molecular flexibility index (Phi) is 9.07. The number of carbonyl (C=O) groups is 4. The number of amides is 3. The average Bonchev–Trinajstić information content (AvgIpc) is 3.43. The van der Waals surface area contributed by atoms with Crippen LogP contribution in [0.15, 0.2) is 40.9 Å². The molecule has 37 heavy (non-hydrogen) atoms. The van der Waals surface area contributed by atoms with Crippen LogP contribution in [0.25, 0.3) is 0 Å². The van der Waals surface area contributed by atoms with Crippen molar-refractivity contribution in [2.24, 2.45) is 5.41 Å². The summed E-state index contributed by atoms with van der Waals surface area (Å²) in [6, 6.07) is 9.48. The lowest BCUT2D eigenvalue weighted by Gasteiger charge is -2.26. The molecule has 1 aliphatic rings. The number of aryl methyl sites for hydroxylation is 1. The van der Waals surface area contributed by atoms with Gasteiger partial charge in [0.1, 0.15) is 17.9 Å². The predicted molar refractivity (Wildman–Crippen MR) is 136 cm³/mol. The molecular formula is C27H36N4O6. The number of nitrogens with one attached hydrogen (secondary N) is 2. The zero-order valence-electron chi connectivity index (χ0n) is 22.1. The Morgan fingerprint density at radius 1 is 1.19 bits per heavy atom. The molecule has 0 bridgehead atoms. The molecule has 3 atom stereocenters. The van der Waals surface area contributed by atoms with Crippen LogP contribution in [0.4, 0.5) is 4.79 Å². The molecule has 3 rings (SSSR count). The summed E-state index contributed by atoms with van der Waals surface area (Å²) in [7, 11) is 0. The van der Waals surface area contributed by atoms with E-state index in [1.165, 1.54) is 0 Å². The van der Waals surface area contributed by atoms with Crippen molar-refractivity contribution in [1.29, 1.82) is 0 Å². The van der Waals surface area contributed by atoms with Crippen LogP contribution in [0.2, 0.25) is 0 Å². The number of hydrogen-bond acceptors (Lipinski definition) is 7. The molecule has 1 fully saturated rings. The van der Waals surface area contributed by atoms with Gasteiger partial charge in [0, 0.05) is 18.0 Å². The first-order chi connectivity index (χ1) is 17.5. The number of rotatable bonds is 10. The van der Waals surface area contributed by atoms with Gasteiger partial charge in [0.15, 0.2) is 5.69 Å². The smallest absolute Gasteiger partial charge is 0.408 e. The Bertz CT molecular complexity index is 1110. The van der Waals surface area contributed by atoms with Crippen molar-refractivity contribution < 1.29 is 28.4 Å². The molecule has 2 aromatic rings. The van der Waals surface area contributed by atoms with E-state index in [2.05, 4.69) is 15.8 Å². The third kappa shape index (κ3) is 7.18. The minimum atomic E-state index is -1.02. The molecule has 0 spiro atoms. The van der Waals surface area contributed by atoms with Gasteiger partial charge in [-0.2, -0.15) is 0 Å². The molecule has 1 aromatic heterocycles. The highest BCUT2D eigenvalue weighted by Crippen LogP contribution is 2.33. The van der Waals surface area contributed by atoms with Gasteiger partial charge < -0.3 is 24.8 Å². The molecule has 2 N–H and O–H groups in total. The summed E-state index contributed by atoms with van der Waals surface area (Å²) in [4.78, 5) is 52.9. The molecule has 1 aromatic carbocycles. The number of unbranched alkanes of at least 4 members (excludes halogenated alkanes) is 1. The molecular weight excluding hydrogens is 476 g/mol. The third-order valence-corrected chi connectivity index (χ3v) is 6.57. The highest BCUT2D eigenvalue weighted by atomic mass is 16.6. The largest absolute Gasteiger partial charge is 0.444 e. The van der Waals surface area contributed by atoms with Crippen molar-refractivity contribution in [3.8, 4) is 0 Å². The Hall–Kier alpha value is -3.69. The number of benzene rings is 1. The van der Waals surface area contributed by atoms with Gasteiger partial charge in [0.25, 0.3) is 11.8 Å². The van der Waals surface area contributed by atoms with Crippen LogP contribution in [-0.4, -0.2) is 59.0 Å². The number of aromatic nitrogens is 1. The van der Waals surface area contributed by atoms with E-state index in [1.807, 2.05) is 51.1 Å². The monoisotopic (exact) mass is 512 g/mol. The van der Waals surface area contributed by atoms with E-state index in [0.29, 0.717) is 25.1 Å². The first-order valence-corrected chi connectivity index (χ1v) is 12.6. The SMILES string of the molecule is CCCC[C@H](NC(=O)O[C@H]1CN(C(=O)c2cc(C)on2)CC1(C)C)C(=O)C(=O)N[C@H](C)c1ccccc1. The topological polar surface area (TPSA) is 131 Å².